The minimum atomic E-state index is -0.575. The molecule has 1 aliphatic heterocycles. The molecule has 0 radical (unpaired) electrons. The Balaban J connectivity index is 1.63. The van der Waals surface area contributed by atoms with Gasteiger partial charge in [-0.1, -0.05) is 60.1 Å². The van der Waals surface area contributed by atoms with Gasteiger partial charge in [0.05, 0.1) is 17.3 Å². The van der Waals surface area contributed by atoms with Crippen LogP contribution in [0.5, 0.6) is 0 Å². The first kappa shape index (κ1) is 22.8. The van der Waals surface area contributed by atoms with E-state index in [4.69, 9.17) is 16.1 Å². The van der Waals surface area contributed by atoms with E-state index in [0.717, 1.165) is 17.5 Å². The summed E-state index contributed by atoms with van der Waals surface area (Å²) in [6.45, 7) is 3.89. The van der Waals surface area contributed by atoms with E-state index < -0.39 is 6.04 Å². The predicted molar refractivity (Wildman–Crippen MR) is 133 cm³/mol. The molecule has 8 heteroatoms. The van der Waals surface area contributed by atoms with Crippen molar-refractivity contribution in [3.8, 4) is 11.4 Å². The number of nitrogens with zero attached hydrogens (tertiary/aromatic N) is 3. The summed E-state index contributed by atoms with van der Waals surface area (Å²) >= 11 is 6.25. The normalized spacial score (nSPS) is 15.9. The first-order valence-corrected chi connectivity index (χ1v) is 11.6. The van der Waals surface area contributed by atoms with Crippen molar-refractivity contribution in [1.82, 2.24) is 15.5 Å². The number of nitrogens with one attached hydrogen (secondary N) is 1. The second-order valence-electron chi connectivity index (χ2n) is 8.22. The number of amides is 2. The smallest absolute Gasteiger partial charge is 0.326 e. The van der Waals surface area contributed by atoms with Crippen LogP contribution in [-0.2, 0) is 6.42 Å². The molecule has 2 heterocycles. The number of urea groups is 1. The lowest BCUT2D eigenvalue weighted by molar-refractivity contribution is 0.244. The molecule has 1 aliphatic rings. The lowest BCUT2D eigenvalue weighted by Gasteiger charge is -2.35. The highest BCUT2D eigenvalue weighted by Crippen LogP contribution is 2.39. The predicted octanol–water partition coefficient (Wildman–Crippen LogP) is 6.79. The lowest BCUT2D eigenvalue weighted by Crippen LogP contribution is -2.46. The summed E-state index contributed by atoms with van der Waals surface area (Å²) in [5.74, 6) is 0.327. The maximum absolute atomic E-state index is 13.5. The Hall–Kier alpha value is -3.97. The van der Waals surface area contributed by atoms with Crippen LogP contribution in [0.15, 0.2) is 83.0 Å². The van der Waals surface area contributed by atoms with Crippen molar-refractivity contribution in [1.29, 1.82) is 0 Å². The fourth-order valence-electron chi connectivity index (χ4n) is 4.20. The zero-order valence-corrected chi connectivity index (χ0v) is 19.9. The van der Waals surface area contributed by atoms with Gasteiger partial charge < -0.3 is 9.84 Å². The van der Waals surface area contributed by atoms with Gasteiger partial charge in [0.25, 0.3) is 5.89 Å². The summed E-state index contributed by atoms with van der Waals surface area (Å²) in [6, 6.07) is 20.0. The number of benzene rings is 3. The molecule has 4 aromatic rings. The van der Waals surface area contributed by atoms with Gasteiger partial charge in [-0.15, -0.1) is 0 Å². The van der Waals surface area contributed by atoms with E-state index in [-0.39, 0.29) is 17.7 Å². The second-order valence-corrected chi connectivity index (χ2v) is 8.66. The highest BCUT2D eigenvalue weighted by molar-refractivity contribution is 6.30. The summed E-state index contributed by atoms with van der Waals surface area (Å²) in [7, 11) is 0. The molecule has 2 amide bonds. The molecular weight excluding hydrogens is 467 g/mol. The molecule has 1 N–H and O–H groups in total. The van der Waals surface area contributed by atoms with Crippen molar-refractivity contribution >= 4 is 28.9 Å². The Morgan fingerprint density at radius 3 is 2.51 bits per heavy atom. The van der Waals surface area contributed by atoms with E-state index in [9.17, 15) is 9.18 Å². The molecule has 0 spiro atoms. The van der Waals surface area contributed by atoms with Gasteiger partial charge in [-0.3, -0.25) is 4.90 Å². The third kappa shape index (κ3) is 4.42. The van der Waals surface area contributed by atoms with Crippen molar-refractivity contribution in [2.75, 3.05) is 4.90 Å². The third-order valence-electron chi connectivity index (χ3n) is 6.03. The lowest BCUT2D eigenvalue weighted by atomic mass is 9.94. The summed E-state index contributed by atoms with van der Waals surface area (Å²) in [5, 5.41) is 7.75. The van der Waals surface area contributed by atoms with Gasteiger partial charge in [0, 0.05) is 16.3 Å². The van der Waals surface area contributed by atoms with Crippen molar-refractivity contribution in [2.24, 2.45) is 0 Å². The van der Waals surface area contributed by atoms with Gasteiger partial charge >= 0.3 is 6.03 Å². The highest BCUT2D eigenvalue weighted by Gasteiger charge is 2.36. The molecule has 0 aliphatic carbocycles. The van der Waals surface area contributed by atoms with Gasteiger partial charge in [-0.05, 0) is 60.9 Å². The fourth-order valence-corrected chi connectivity index (χ4v) is 4.40. The molecule has 0 fully saturated rings. The third-order valence-corrected chi connectivity index (χ3v) is 6.26. The van der Waals surface area contributed by atoms with E-state index in [1.807, 2.05) is 36.4 Å². The van der Waals surface area contributed by atoms with Crippen molar-refractivity contribution in [3.05, 3.63) is 106 Å². The number of aromatic nitrogens is 2. The number of carbonyl (C=O) groups is 1. The molecule has 5 rings (SSSR count). The van der Waals surface area contributed by atoms with Crippen LogP contribution in [-0.4, -0.2) is 16.2 Å². The average Bonchev–Trinajstić information content (AvgIpc) is 3.34. The van der Waals surface area contributed by atoms with Crippen LogP contribution in [0.3, 0.4) is 0 Å². The van der Waals surface area contributed by atoms with Gasteiger partial charge in [-0.2, -0.15) is 4.98 Å². The van der Waals surface area contributed by atoms with Crippen molar-refractivity contribution in [3.63, 3.8) is 0 Å². The van der Waals surface area contributed by atoms with Crippen LogP contribution >= 0.6 is 11.6 Å². The van der Waals surface area contributed by atoms with Crippen LogP contribution in [0.1, 0.15) is 36.9 Å². The van der Waals surface area contributed by atoms with E-state index in [0.29, 0.717) is 27.8 Å². The molecule has 1 aromatic heterocycles. The number of anilines is 1. The SMILES string of the molecule is CCc1ccc(-c2noc(C3=C(C)N(c4ccc(F)cc4)C(=O)NC3c3cccc(Cl)c3)n2)cc1. The first-order valence-electron chi connectivity index (χ1n) is 11.2. The maximum Gasteiger partial charge on any atom is 0.326 e. The summed E-state index contributed by atoms with van der Waals surface area (Å²) in [4.78, 5) is 19.3. The number of hydrogen-bond donors (Lipinski definition) is 1. The monoisotopic (exact) mass is 488 g/mol. The molecule has 3 aromatic carbocycles. The molecule has 0 saturated carbocycles. The number of aryl methyl sites for hydroxylation is 1. The standard InChI is InChI=1S/C27H22ClFN4O2/c1-3-17-7-9-18(10-8-17)25-31-26(35-32-25)23-16(2)33(22-13-11-21(29)12-14-22)27(34)30-24(23)19-5-4-6-20(28)15-19/h4-15,24H,3H2,1-2H3,(H,30,34). The average molecular weight is 489 g/mol. The molecule has 1 atom stereocenters. The zero-order chi connectivity index (χ0) is 24.5. The zero-order valence-electron chi connectivity index (χ0n) is 19.1. The minimum Gasteiger partial charge on any atom is -0.334 e. The van der Waals surface area contributed by atoms with E-state index in [2.05, 4.69) is 22.4 Å². The number of halogens is 2. The Labute approximate surface area is 207 Å². The Bertz CT molecular complexity index is 1410. The van der Waals surface area contributed by atoms with E-state index in [1.165, 1.54) is 22.6 Å². The van der Waals surface area contributed by atoms with Gasteiger partial charge in [0.2, 0.25) is 5.82 Å². The molecule has 1 unspecified atom stereocenters. The van der Waals surface area contributed by atoms with Crippen LogP contribution in [0.2, 0.25) is 5.02 Å². The Kier molecular flexibility index (Phi) is 6.09. The number of hydrogen-bond acceptors (Lipinski definition) is 4. The summed E-state index contributed by atoms with van der Waals surface area (Å²) < 4.78 is 19.3. The number of carbonyl (C=O) groups excluding carboxylic acids is 1. The van der Waals surface area contributed by atoms with Gasteiger partial charge in [0.1, 0.15) is 5.82 Å². The second kappa shape index (κ2) is 9.35. The number of allylic oxidation sites excluding steroid dienone is 1. The molecule has 0 bridgehead atoms. The summed E-state index contributed by atoms with van der Waals surface area (Å²) in [5.41, 5.74) is 4.53. The van der Waals surface area contributed by atoms with Crippen LogP contribution in [0, 0.1) is 5.82 Å². The van der Waals surface area contributed by atoms with Crippen molar-refractivity contribution < 1.29 is 13.7 Å². The van der Waals surface area contributed by atoms with Gasteiger partial charge in [0.15, 0.2) is 0 Å². The number of rotatable bonds is 5. The molecular formula is C27H22ClFN4O2. The Morgan fingerprint density at radius 2 is 1.83 bits per heavy atom. The van der Waals surface area contributed by atoms with Crippen LogP contribution < -0.4 is 10.2 Å². The first-order chi connectivity index (χ1) is 16.9. The minimum absolute atomic E-state index is 0.272. The van der Waals surface area contributed by atoms with Crippen LogP contribution in [0.4, 0.5) is 14.9 Å². The molecule has 0 saturated heterocycles. The van der Waals surface area contributed by atoms with E-state index in [1.54, 1.807) is 31.2 Å². The summed E-state index contributed by atoms with van der Waals surface area (Å²) in [6.07, 6.45) is 0.935. The molecule has 35 heavy (non-hydrogen) atoms. The largest absolute Gasteiger partial charge is 0.334 e. The van der Waals surface area contributed by atoms with Crippen molar-refractivity contribution in [2.45, 2.75) is 26.3 Å². The van der Waals surface area contributed by atoms with Crippen LogP contribution in [0.25, 0.3) is 17.0 Å². The molecule has 6 nitrogen and oxygen atoms in total. The quantitative estimate of drug-likeness (QED) is 0.335. The van der Waals surface area contributed by atoms with E-state index >= 15 is 0 Å². The highest BCUT2D eigenvalue weighted by atomic mass is 35.5. The Morgan fingerprint density at radius 1 is 1.09 bits per heavy atom. The van der Waals surface area contributed by atoms with Gasteiger partial charge in [-0.25, -0.2) is 9.18 Å². The topological polar surface area (TPSA) is 71.3 Å². The molecule has 176 valence electrons. The maximum atomic E-state index is 13.5. The fraction of sp³-hybridized carbons (Fsp3) is 0.148.